The average Bonchev–Trinajstić information content (AvgIpc) is 3.14. The molecule has 3 amide bonds. The molecule has 0 bridgehead atoms. The highest BCUT2D eigenvalue weighted by molar-refractivity contribution is 7.22. The summed E-state index contributed by atoms with van der Waals surface area (Å²) < 4.78 is 40.3. The molecule has 0 fully saturated rings. The van der Waals surface area contributed by atoms with Crippen LogP contribution < -0.4 is 16.0 Å². The summed E-state index contributed by atoms with van der Waals surface area (Å²) in [5.41, 5.74) is 0.937. The van der Waals surface area contributed by atoms with Gasteiger partial charge in [-0.3, -0.25) is 10.1 Å². The predicted molar refractivity (Wildman–Crippen MR) is 115 cm³/mol. The molecule has 0 radical (unpaired) electrons. The van der Waals surface area contributed by atoms with Crippen molar-refractivity contribution in [3.8, 4) is 5.75 Å². The molecule has 32 heavy (non-hydrogen) atoms. The van der Waals surface area contributed by atoms with Gasteiger partial charge >= 0.3 is 6.03 Å². The summed E-state index contributed by atoms with van der Waals surface area (Å²) in [5.74, 6) is -5.32. The predicted octanol–water partition coefficient (Wildman–Crippen LogP) is 5.32. The largest absolute Gasteiger partial charge is 0.508 e. The van der Waals surface area contributed by atoms with Gasteiger partial charge in [-0.05, 0) is 54.6 Å². The van der Waals surface area contributed by atoms with Gasteiger partial charge in [0.2, 0.25) is 0 Å². The summed E-state index contributed by atoms with van der Waals surface area (Å²) in [6, 6.07) is 11.2. The van der Waals surface area contributed by atoms with Gasteiger partial charge in [-0.25, -0.2) is 22.9 Å². The topological polar surface area (TPSA) is 103 Å². The molecule has 0 saturated heterocycles. The van der Waals surface area contributed by atoms with Crippen molar-refractivity contribution in [3.05, 3.63) is 77.6 Å². The number of amides is 3. The molecule has 4 N–H and O–H groups in total. The lowest BCUT2D eigenvalue weighted by molar-refractivity contribution is 0.102. The molecule has 0 aliphatic heterocycles. The minimum atomic E-state index is -1.65. The summed E-state index contributed by atoms with van der Waals surface area (Å²) in [6.45, 7) is 0. The van der Waals surface area contributed by atoms with Gasteiger partial charge in [-0.1, -0.05) is 11.3 Å². The number of phenols is 1. The van der Waals surface area contributed by atoms with Crippen LogP contribution in [0.1, 0.15) is 10.4 Å². The number of hydrogen-bond donors (Lipinski definition) is 4. The number of urea groups is 1. The fourth-order valence-corrected chi connectivity index (χ4v) is 3.65. The van der Waals surface area contributed by atoms with E-state index in [0.717, 1.165) is 0 Å². The van der Waals surface area contributed by atoms with Crippen LogP contribution in [0.15, 0.2) is 54.6 Å². The zero-order valence-corrected chi connectivity index (χ0v) is 16.8. The molecule has 7 nitrogen and oxygen atoms in total. The summed E-state index contributed by atoms with van der Waals surface area (Å²) in [6.07, 6.45) is 0. The van der Waals surface area contributed by atoms with Crippen LogP contribution >= 0.6 is 11.3 Å². The zero-order valence-electron chi connectivity index (χ0n) is 15.9. The maximum atomic E-state index is 13.3. The average molecular weight is 458 g/mol. The maximum Gasteiger partial charge on any atom is 0.325 e. The lowest BCUT2D eigenvalue weighted by atomic mass is 10.2. The molecular weight excluding hydrogens is 445 g/mol. The first-order chi connectivity index (χ1) is 15.3. The number of anilines is 3. The number of fused-ring (bicyclic) bond motifs is 1. The van der Waals surface area contributed by atoms with Gasteiger partial charge in [0.25, 0.3) is 5.91 Å². The molecular formula is C21H13F3N4O3S. The van der Waals surface area contributed by atoms with E-state index in [2.05, 4.69) is 20.9 Å². The second kappa shape index (κ2) is 8.55. The van der Waals surface area contributed by atoms with Gasteiger partial charge in [0.05, 0.1) is 10.2 Å². The Hall–Kier alpha value is -4.12. The van der Waals surface area contributed by atoms with Crippen molar-refractivity contribution in [3.63, 3.8) is 0 Å². The quantitative estimate of drug-likeness (QED) is 0.311. The molecule has 11 heteroatoms. The van der Waals surface area contributed by atoms with Crippen LogP contribution in [0.3, 0.4) is 0 Å². The molecule has 0 spiro atoms. The van der Waals surface area contributed by atoms with Crippen LogP contribution in [0.4, 0.5) is 34.5 Å². The molecule has 0 atom stereocenters. The number of carbonyl (C=O) groups is 2. The van der Waals surface area contributed by atoms with E-state index in [1.807, 2.05) is 0 Å². The van der Waals surface area contributed by atoms with Crippen molar-refractivity contribution >= 4 is 50.0 Å². The minimum absolute atomic E-state index is 0.0963. The highest BCUT2D eigenvalue weighted by Gasteiger charge is 2.15. The normalized spacial score (nSPS) is 10.7. The first-order valence-electron chi connectivity index (χ1n) is 9.02. The van der Waals surface area contributed by atoms with Gasteiger partial charge in [-0.15, -0.1) is 0 Å². The van der Waals surface area contributed by atoms with Crippen molar-refractivity contribution < 1.29 is 27.9 Å². The molecule has 4 aromatic rings. The number of benzene rings is 3. The Morgan fingerprint density at radius 2 is 1.47 bits per heavy atom. The number of nitrogens with one attached hydrogen (secondary N) is 3. The molecule has 1 heterocycles. The Bertz CT molecular complexity index is 1320. The number of nitrogens with zero attached hydrogens (tertiary/aromatic N) is 1. The summed E-state index contributed by atoms with van der Waals surface area (Å²) in [7, 11) is 0. The van der Waals surface area contributed by atoms with E-state index < -0.39 is 29.4 Å². The summed E-state index contributed by atoms with van der Waals surface area (Å²) in [5, 5.41) is 17.4. The second-order valence-corrected chi connectivity index (χ2v) is 7.57. The van der Waals surface area contributed by atoms with E-state index in [0.29, 0.717) is 33.2 Å². The van der Waals surface area contributed by atoms with E-state index >= 15 is 0 Å². The molecule has 162 valence electrons. The smallest absolute Gasteiger partial charge is 0.325 e. The summed E-state index contributed by atoms with van der Waals surface area (Å²) in [4.78, 5) is 28.6. The van der Waals surface area contributed by atoms with Crippen LogP contribution in [0.25, 0.3) is 10.2 Å². The molecule has 0 aliphatic carbocycles. The molecule has 0 saturated carbocycles. The number of hydrogen-bond acceptors (Lipinski definition) is 5. The number of thiazole rings is 1. The van der Waals surface area contributed by atoms with Gasteiger partial charge in [0.1, 0.15) is 5.75 Å². The maximum absolute atomic E-state index is 13.3. The Morgan fingerprint density at radius 1 is 0.844 bits per heavy atom. The van der Waals surface area contributed by atoms with E-state index in [1.165, 1.54) is 47.7 Å². The van der Waals surface area contributed by atoms with Crippen molar-refractivity contribution in [1.29, 1.82) is 0 Å². The Kier molecular flexibility index (Phi) is 5.65. The van der Waals surface area contributed by atoms with Gasteiger partial charge in [0.15, 0.2) is 22.6 Å². The lowest BCUT2D eigenvalue weighted by Gasteiger charge is -2.08. The van der Waals surface area contributed by atoms with E-state index in [1.54, 1.807) is 6.07 Å². The number of rotatable bonds is 4. The van der Waals surface area contributed by atoms with E-state index in [4.69, 9.17) is 0 Å². The van der Waals surface area contributed by atoms with Gasteiger partial charge < -0.3 is 15.7 Å². The standard InChI is InChI=1S/C21H13F3N4O3S/c22-14-7-10(8-15(23)18(14)24)19(30)25-11-1-3-12(4-2-11)26-20(31)28-21-27-16-6-5-13(29)9-17(16)32-21/h1-9,29H,(H,25,30)(H2,26,27,28,31). The molecule has 0 unspecified atom stereocenters. The molecule has 4 rings (SSSR count). The minimum Gasteiger partial charge on any atom is -0.508 e. The van der Waals surface area contributed by atoms with Gasteiger partial charge in [0, 0.05) is 16.9 Å². The monoisotopic (exact) mass is 458 g/mol. The third kappa shape index (κ3) is 4.62. The van der Waals surface area contributed by atoms with Crippen molar-refractivity contribution in [1.82, 2.24) is 4.98 Å². The van der Waals surface area contributed by atoms with Crippen molar-refractivity contribution in [2.24, 2.45) is 0 Å². The Balaban J connectivity index is 1.37. The fraction of sp³-hybridized carbons (Fsp3) is 0. The molecule has 1 aromatic heterocycles. The van der Waals surface area contributed by atoms with Crippen molar-refractivity contribution in [2.45, 2.75) is 0 Å². The van der Waals surface area contributed by atoms with Crippen LogP contribution in [0, 0.1) is 17.5 Å². The number of carbonyl (C=O) groups excluding carboxylic acids is 2. The van der Waals surface area contributed by atoms with Crippen LogP contribution in [0.2, 0.25) is 0 Å². The number of halogens is 3. The molecule has 0 aliphatic rings. The fourth-order valence-electron chi connectivity index (χ4n) is 2.75. The third-order valence-corrected chi connectivity index (χ3v) is 5.17. The second-order valence-electron chi connectivity index (χ2n) is 6.54. The first-order valence-corrected chi connectivity index (χ1v) is 9.83. The Labute approximate surface area is 182 Å². The number of aromatic nitrogens is 1. The lowest BCUT2D eigenvalue weighted by Crippen LogP contribution is -2.19. The van der Waals surface area contributed by atoms with Crippen LogP contribution in [-0.4, -0.2) is 22.0 Å². The third-order valence-electron chi connectivity index (χ3n) is 4.24. The number of aromatic hydroxyl groups is 1. The van der Waals surface area contributed by atoms with Crippen LogP contribution in [-0.2, 0) is 0 Å². The van der Waals surface area contributed by atoms with E-state index in [-0.39, 0.29) is 17.0 Å². The Morgan fingerprint density at radius 3 is 2.12 bits per heavy atom. The SMILES string of the molecule is O=C(Nc1ccc(NC(=O)c2cc(F)c(F)c(F)c2)cc1)Nc1nc2ccc(O)cc2s1. The van der Waals surface area contributed by atoms with Gasteiger partial charge in [-0.2, -0.15) is 0 Å². The van der Waals surface area contributed by atoms with E-state index in [9.17, 15) is 27.9 Å². The highest BCUT2D eigenvalue weighted by Crippen LogP contribution is 2.28. The molecule has 3 aromatic carbocycles. The highest BCUT2D eigenvalue weighted by atomic mass is 32.1. The zero-order chi connectivity index (χ0) is 22.8. The summed E-state index contributed by atoms with van der Waals surface area (Å²) >= 11 is 1.19. The number of phenolic OH excluding ortho intramolecular Hbond substituents is 1. The van der Waals surface area contributed by atoms with Crippen molar-refractivity contribution in [2.75, 3.05) is 16.0 Å². The first kappa shape index (κ1) is 21.1. The van der Waals surface area contributed by atoms with Crippen LogP contribution in [0.5, 0.6) is 5.75 Å².